The topological polar surface area (TPSA) is 29.1 Å². The first-order chi connectivity index (χ1) is 10.8. The summed E-state index contributed by atoms with van der Waals surface area (Å²) < 4.78 is 0. The molecule has 1 unspecified atom stereocenters. The minimum Gasteiger partial charge on any atom is -0.342 e. The van der Waals surface area contributed by atoms with Crippen LogP contribution in [0.25, 0.3) is 0 Å². The van der Waals surface area contributed by atoms with E-state index < -0.39 is 0 Å². The Bertz CT molecular complexity index is 590. The molecule has 0 radical (unpaired) electrons. The number of allylic oxidation sites excluding steroid dienone is 1. The van der Waals surface area contributed by atoms with Crippen molar-refractivity contribution in [2.45, 2.75) is 32.2 Å². The van der Waals surface area contributed by atoms with Crippen molar-refractivity contribution in [2.75, 3.05) is 0 Å². The first-order valence-corrected chi connectivity index (χ1v) is 7.88. The van der Waals surface area contributed by atoms with Gasteiger partial charge in [-0.25, -0.2) is 0 Å². The second-order valence-electron chi connectivity index (χ2n) is 5.30. The summed E-state index contributed by atoms with van der Waals surface area (Å²) in [5.74, 6) is -0.0467. The molecule has 2 aromatic rings. The number of benzene rings is 2. The number of amides is 1. The number of unbranched alkanes of at least 4 members (excludes halogenated alkanes) is 2. The summed E-state index contributed by atoms with van der Waals surface area (Å²) in [6.07, 6.45) is 7.64. The summed E-state index contributed by atoms with van der Waals surface area (Å²) in [5.41, 5.74) is 1.78. The Morgan fingerprint density at radius 3 is 2.32 bits per heavy atom. The highest BCUT2D eigenvalue weighted by molar-refractivity contribution is 5.94. The number of nitrogens with one attached hydrogen (secondary N) is 1. The zero-order valence-corrected chi connectivity index (χ0v) is 13.0. The number of hydrogen-bond acceptors (Lipinski definition) is 1. The van der Waals surface area contributed by atoms with E-state index >= 15 is 0 Å². The minimum absolute atomic E-state index is 0.0467. The highest BCUT2D eigenvalue weighted by atomic mass is 16.1. The van der Waals surface area contributed by atoms with Gasteiger partial charge in [0.25, 0.3) is 5.91 Å². The second kappa shape index (κ2) is 8.83. The van der Waals surface area contributed by atoms with Gasteiger partial charge in [0.05, 0.1) is 6.04 Å². The summed E-state index contributed by atoms with van der Waals surface area (Å²) in [6, 6.07) is 19.3. The molecule has 0 spiro atoms. The smallest absolute Gasteiger partial charge is 0.252 e. The molecule has 2 heteroatoms. The Labute approximate surface area is 132 Å². The van der Waals surface area contributed by atoms with Crippen LogP contribution in [0.4, 0.5) is 0 Å². The average molecular weight is 293 g/mol. The van der Waals surface area contributed by atoms with Gasteiger partial charge in [-0.1, -0.05) is 80.4 Å². The molecule has 0 fully saturated rings. The van der Waals surface area contributed by atoms with E-state index in [1.807, 2.05) is 60.7 Å². The molecule has 0 aliphatic rings. The molecule has 0 saturated carbocycles. The maximum atomic E-state index is 12.4. The molecule has 0 bridgehead atoms. The van der Waals surface area contributed by atoms with Crippen LogP contribution in [0.15, 0.2) is 72.8 Å². The fourth-order valence-corrected chi connectivity index (χ4v) is 2.27. The number of carbonyl (C=O) groups excluding carboxylic acids is 1. The molecule has 1 atom stereocenters. The van der Waals surface area contributed by atoms with E-state index in [-0.39, 0.29) is 11.9 Å². The van der Waals surface area contributed by atoms with E-state index in [1.54, 1.807) is 0 Å². The van der Waals surface area contributed by atoms with Crippen molar-refractivity contribution < 1.29 is 4.79 Å². The van der Waals surface area contributed by atoms with Crippen LogP contribution in [-0.2, 0) is 0 Å². The van der Waals surface area contributed by atoms with Crippen LogP contribution >= 0.6 is 0 Å². The van der Waals surface area contributed by atoms with Gasteiger partial charge in [-0.05, 0) is 24.1 Å². The zero-order chi connectivity index (χ0) is 15.6. The minimum atomic E-state index is -0.0919. The van der Waals surface area contributed by atoms with Crippen molar-refractivity contribution in [1.82, 2.24) is 5.32 Å². The van der Waals surface area contributed by atoms with Crippen molar-refractivity contribution >= 4 is 5.91 Å². The van der Waals surface area contributed by atoms with Crippen LogP contribution in [0.5, 0.6) is 0 Å². The Kier molecular flexibility index (Phi) is 6.43. The Balaban J connectivity index is 2.11. The molecule has 1 amide bonds. The normalized spacial score (nSPS) is 12.2. The predicted molar refractivity (Wildman–Crippen MR) is 91.8 cm³/mol. The van der Waals surface area contributed by atoms with Gasteiger partial charge >= 0.3 is 0 Å². The van der Waals surface area contributed by atoms with Gasteiger partial charge in [0.2, 0.25) is 0 Å². The maximum Gasteiger partial charge on any atom is 0.252 e. The summed E-state index contributed by atoms with van der Waals surface area (Å²) in [4.78, 5) is 12.4. The quantitative estimate of drug-likeness (QED) is 0.570. The van der Waals surface area contributed by atoms with Crippen LogP contribution in [-0.4, -0.2) is 5.91 Å². The lowest BCUT2D eigenvalue weighted by atomic mass is 10.0. The van der Waals surface area contributed by atoms with E-state index in [1.165, 1.54) is 12.8 Å². The lowest BCUT2D eigenvalue weighted by Crippen LogP contribution is -2.27. The molecule has 114 valence electrons. The van der Waals surface area contributed by atoms with Gasteiger partial charge in [0.1, 0.15) is 0 Å². The molecule has 2 aromatic carbocycles. The van der Waals surface area contributed by atoms with E-state index in [0.717, 1.165) is 12.0 Å². The highest BCUT2D eigenvalue weighted by Gasteiger charge is 2.12. The highest BCUT2D eigenvalue weighted by Crippen LogP contribution is 2.16. The molecule has 0 aromatic heterocycles. The molecule has 0 aliphatic heterocycles. The fraction of sp³-hybridized carbons (Fsp3) is 0.250. The van der Waals surface area contributed by atoms with Crippen LogP contribution < -0.4 is 5.32 Å². The maximum absolute atomic E-state index is 12.4. The monoisotopic (exact) mass is 293 g/mol. The van der Waals surface area contributed by atoms with Gasteiger partial charge in [-0.3, -0.25) is 4.79 Å². The van der Waals surface area contributed by atoms with Crippen LogP contribution in [0.2, 0.25) is 0 Å². The first-order valence-electron chi connectivity index (χ1n) is 7.88. The van der Waals surface area contributed by atoms with E-state index in [9.17, 15) is 4.79 Å². The molecule has 2 rings (SSSR count). The van der Waals surface area contributed by atoms with Gasteiger partial charge < -0.3 is 5.32 Å². The zero-order valence-electron chi connectivity index (χ0n) is 13.0. The summed E-state index contributed by atoms with van der Waals surface area (Å²) >= 11 is 0. The molecular formula is C20H23NO. The van der Waals surface area contributed by atoms with Crippen molar-refractivity contribution in [1.29, 1.82) is 0 Å². The second-order valence-corrected chi connectivity index (χ2v) is 5.30. The van der Waals surface area contributed by atoms with E-state index in [0.29, 0.717) is 5.56 Å². The molecule has 1 N–H and O–H groups in total. The molecule has 0 heterocycles. The first kappa shape index (κ1) is 16.0. The summed E-state index contributed by atoms with van der Waals surface area (Å²) in [5, 5.41) is 3.10. The summed E-state index contributed by atoms with van der Waals surface area (Å²) in [7, 11) is 0. The standard InChI is InChI=1S/C20H23NO/c1-2-3-4-11-16-19(17-12-7-5-8-13-17)21-20(22)18-14-9-6-10-15-18/h5-16,19H,2-4H2,1H3,(H,21,22)/b16-11+. The van der Waals surface area contributed by atoms with Crippen LogP contribution in [0.1, 0.15) is 48.1 Å². The third-order valence-electron chi connectivity index (χ3n) is 3.53. The number of hydrogen-bond donors (Lipinski definition) is 1. The number of carbonyl (C=O) groups is 1. The van der Waals surface area contributed by atoms with Crippen molar-refractivity contribution in [3.63, 3.8) is 0 Å². The van der Waals surface area contributed by atoms with Gasteiger partial charge in [0.15, 0.2) is 0 Å². The molecule has 2 nitrogen and oxygen atoms in total. The van der Waals surface area contributed by atoms with E-state index in [2.05, 4.69) is 24.4 Å². The third-order valence-corrected chi connectivity index (χ3v) is 3.53. The molecule has 22 heavy (non-hydrogen) atoms. The Morgan fingerprint density at radius 2 is 1.68 bits per heavy atom. The van der Waals surface area contributed by atoms with Crippen LogP contribution in [0, 0.1) is 0 Å². The summed E-state index contributed by atoms with van der Waals surface area (Å²) in [6.45, 7) is 2.18. The van der Waals surface area contributed by atoms with Crippen molar-refractivity contribution in [2.24, 2.45) is 0 Å². The lowest BCUT2D eigenvalue weighted by molar-refractivity contribution is 0.0944. The molecular weight excluding hydrogens is 270 g/mol. The molecule has 0 saturated heterocycles. The van der Waals surface area contributed by atoms with E-state index in [4.69, 9.17) is 0 Å². The lowest BCUT2D eigenvalue weighted by Gasteiger charge is -2.16. The SMILES string of the molecule is CCCC/C=C/C(NC(=O)c1ccccc1)c1ccccc1. The van der Waals surface area contributed by atoms with Gasteiger partial charge in [-0.15, -0.1) is 0 Å². The third kappa shape index (κ3) is 4.88. The average Bonchev–Trinajstić information content (AvgIpc) is 2.59. The van der Waals surface area contributed by atoms with Crippen molar-refractivity contribution in [3.05, 3.63) is 83.9 Å². The van der Waals surface area contributed by atoms with Crippen molar-refractivity contribution in [3.8, 4) is 0 Å². The fourth-order valence-electron chi connectivity index (χ4n) is 2.27. The van der Waals surface area contributed by atoms with Gasteiger partial charge in [-0.2, -0.15) is 0 Å². The van der Waals surface area contributed by atoms with Gasteiger partial charge in [0, 0.05) is 5.56 Å². The van der Waals surface area contributed by atoms with Crippen LogP contribution in [0.3, 0.4) is 0 Å². The Hall–Kier alpha value is -2.35. The predicted octanol–water partition coefficient (Wildman–Crippen LogP) is 4.90. The largest absolute Gasteiger partial charge is 0.342 e. The number of rotatable bonds is 7. The Morgan fingerprint density at radius 1 is 1.05 bits per heavy atom. The molecule has 0 aliphatic carbocycles.